The van der Waals surface area contributed by atoms with Gasteiger partial charge in [-0.2, -0.15) is 0 Å². The smallest absolute Gasteiger partial charge is 0.296 e. The highest BCUT2D eigenvalue weighted by molar-refractivity contribution is 7.92. The van der Waals surface area contributed by atoms with Crippen LogP contribution in [0.1, 0.15) is 18.5 Å². The maximum absolute atomic E-state index is 13.2. The van der Waals surface area contributed by atoms with Gasteiger partial charge in [0.25, 0.3) is 15.6 Å². The van der Waals surface area contributed by atoms with E-state index in [0.29, 0.717) is 11.4 Å². The molecule has 1 aromatic heterocycles. The molecule has 1 aliphatic heterocycles. The van der Waals surface area contributed by atoms with E-state index >= 15 is 0 Å². The van der Waals surface area contributed by atoms with Gasteiger partial charge in [0.2, 0.25) is 11.8 Å². The summed E-state index contributed by atoms with van der Waals surface area (Å²) in [7, 11) is -1.23. The standard InChI is InChI=1S/C22H22N4O6S/c1-14-21(22(29)26(24(14)2)15-7-5-4-6-8-15)23-33(30,31)16-9-10-18(32-3)17(13-16)25-19(27)11-12-20(25)28/h4-10,13,23H,11-12H2,1-3H3. The molecule has 1 saturated heterocycles. The second kappa shape index (κ2) is 8.24. The molecule has 0 spiro atoms. The first-order chi connectivity index (χ1) is 15.7. The van der Waals surface area contributed by atoms with Gasteiger partial charge in [0, 0.05) is 19.9 Å². The van der Waals surface area contributed by atoms with Gasteiger partial charge in [-0.3, -0.25) is 23.8 Å². The third-order valence-corrected chi connectivity index (χ3v) is 6.89. The van der Waals surface area contributed by atoms with Crippen LogP contribution in [0.3, 0.4) is 0 Å². The summed E-state index contributed by atoms with van der Waals surface area (Å²) < 4.78 is 36.9. The molecule has 2 amide bonds. The maximum atomic E-state index is 13.2. The molecule has 10 nitrogen and oxygen atoms in total. The maximum Gasteiger partial charge on any atom is 0.296 e. The SMILES string of the molecule is COc1ccc(S(=O)(=O)Nc2c(C)n(C)n(-c3ccccc3)c2=O)cc1N1C(=O)CCC1=O. The highest BCUT2D eigenvalue weighted by atomic mass is 32.2. The van der Waals surface area contributed by atoms with E-state index in [1.54, 1.807) is 42.9 Å². The van der Waals surface area contributed by atoms with Gasteiger partial charge in [0.15, 0.2) is 0 Å². The fourth-order valence-electron chi connectivity index (χ4n) is 3.74. The van der Waals surface area contributed by atoms with Crippen molar-refractivity contribution < 1.29 is 22.7 Å². The first kappa shape index (κ1) is 22.3. The lowest BCUT2D eigenvalue weighted by Gasteiger charge is -2.18. The first-order valence-corrected chi connectivity index (χ1v) is 11.5. The van der Waals surface area contributed by atoms with Gasteiger partial charge in [-0.1, -0.05) is 18.2 Å². The van der Waals surface area contributed by atoms with E-state index < -0.39 is 27.4 Å². The zero-order valence-corrected chi connectivity index (χ0v) is 19.0. The summed E-state index contributed by atoms with van der Waals surface area (Å²) in [6, 6.07) is 12.7. The largest absolute Gasteiger partial charge is 0.495 e. The molecule has 0 radical (unpaired) electrons. The first-order valence-electron chi connectivity index (χ1n) is 10.1. The lowest BCUT2D eigenvalue weighted by atomic mass is 10.2. The van der Waals surface area contributed by atoms with E-state index in [1.165, 1.54) is 30.0 Å². The molecule has 2 heterocycles. The summed E-state index contributed by atoms with van der Waals surface area (Å²) in [5, 5.41) is 0. The molecule has 0 atom stereocenters. The van der Waals surface area contributed by atoms with Crippen LogP contribution in [0.15, 0.2) is 58.2 Å². The monoisotopic (exact) mass is 470 g/mol. The molecular weight excluding hydrogens is 448 g/mol. The summed E-state index contributed by atoms with van der Waals surface area (Å²) in [6.07, 6.45) is 0.0822. The Kier molecular flexibility index (Phi) is 5.58. The van der Waals surface area contributed by atoms with Crippen LogP contribution < -0.4 is 19.9 Å². The predicted molar refractivity (Wildman–Crippen MR) is 121 cm³/mol. The average Bonchev–Trinajstić information content (AvgIpc) is 3.24. The van der Waals surface area contributed by atoms with Crippen molar-refractivity contribution in [1.29, 1.82) is 0 Å². The summed E-state index contributed by atoms with van der Waals surface area (Å²) in [4.78, 5) is 38.2. The highest BCUT2D eigenvalue weighted by Gasteiger charge is 2.33. The lowest BCUT2D eigenvalue weighted by Crippen LogP contribution is -2.29. The molecule has 172 valence electrons. The summed E-state index contributed by atoms with van der Waals surface area (Å²) in [5.41, 5.74) is 0.386. The number of aromatic nitrogens is 2. The number of amides is 2. The number of anilines is 2. The summed E-state index contributed by atoms with van der Waals surface area (Å²) >= 11 is 0. The number of nitrogens with zero attached hydrogens (tertiary/aromatic N) is 3. The third-order valence-electron chi connectivity index (χ3n) is 5.54. The molecule has 1 fully saturated rings. The van der Waals surface area contributed by atoms with Crippen molar-refractivity contribution in [2.75, 3.05) is 16.7 Å². The van der Waals surface area contributed by atoms with Gasteiger partial charge in [0.05, 0.1) is 29.1 Å². The minimum Gasteiger partial charge on any atom is -0.495 e. The summed E-state index contributed by atoms with van der Waals surface area (Å²) in [5.74, 6) is -0.698. The van der Waals surface area contributed by atoms with E-state index in [-0.39, 0.29) is 34.9 Å². The number of carbonyl (C=O) groups is 2. The van der Waals surface area contributed by atoms with Crippen LogP contribution in [0.25, 0.3) is 5.69 Å². The number of benzene rings is 2. The Balaban J connectivity index is 1.77. The van der Waals surface area contributed by atoms with Crippen molar-refractivity contribution >= 4 is 33.2 Å². The molecule has 0 aliphatic carbocycles. The van der Waals surface area contributed by atoms with E-state index in [9.17, 15) is 22.8 Å². The Hall–Kier alpha value is -3.86. The second-order valence-corrected chi connectivity index (χ2v) is 9.18. The number of imide groups is 1. The molecule has 0 saturated carbocycles. The van der Waals surface area contributed by atoms with Gasteiger partial charge in [-0.15, -0.1) is 0 Å². The fraction of sp³-hybridized carbons (Fsp3) is 0.227. The van der Waals surface area contributed by atoms with Gasteiger partial charge in [0.1, 0.15) is 11.4 Å². The van der Waals surface area contributed by atoms with Gasteiger partial charge < -0.3 is 4.74 Å². The topological polar surface area (TPSA) is 120 Å². The van der Waals surface area contributed by atoms with Crippen LogP contribution in [0.4, 0.5) is 11.4 Å². The predicted octanol–water partition coefficient (Wildman–Crippen LogP) is 1.95. The number of para-hydroxylation sites is 1. The van der Waals surface area contributed by atoms with Gasteiger partial charge >= 0.3 is 0 Å². The zero-order valence-electron chi connectivity index (χ0n) is 18.2. The molecule has 11 heteroatoms. The Morgan fingerprint density at radius 3 is 2.21 bits per heavy atom. The number of rotatable bonds is 6. The van der Waals surface area contributed by atoms with Crippen molar-refractivity contribution in [3.8, 4) is 11.4 Å². The van der Waals surface area contributed by atoms with Crippen LogP contribution in [0.2, 0.25) is 0 Å². The highest BCUT2D eigenvalue weighted by Crippen LogP contribution is 2.34. The van der Waals surface area contributed by atoms with Crippen LogP contribution in [-0.4, -0.2) is 36.7 Å². The molecule has 0 unspecified atom stereocenters. The number of methoxy groups -OCH3 is 1. The van der Waals surface area contributed by atoms with Crippen molar-refractivity contribution in [1.82, 2.24) is 9.36 Å². The number of sulfonamides is 1. The van der Waals surface area contributed by atoms with Crippen molar-refractivity contribution in [2.24, 2.45) is 7.05 Å². The van der Waals surface area contributed by atoms with E-state index in [4.69, 9.17) is 4.74 Å². The average molecular weight is 471 g/mol. The third kappa shape index (κ3) is 3.80. The quantitative estimate of drug-likeness (QED) is 0.550. The van der Waals surface area contributed by atoms with E-state index in [2.05, 4.69) is 4.72 Å². The minimum atomic E-state index is -4.24. The molecule has 2 aromatic carbocycles. The van der Waals surface area contributed by atoms with Crippen molar-refractivity contribution in [3.05, 3.63) is 64.6 Å². The molecule has 3 aromatic rings. The lowest BCUT2D eigenvalue weighted by molar-refractivity contribution is -0.121. The number of ether oxygens (including phenoxy) is 1. The van der Waals surface area contributed by atoms with Crippen molar-refractivity contribution in [3.63, 3.8) is 0 Å². The van der Waals surface area contributed by atoms with Gasteiger partial charge in [-0.25, -0.2) is 18.0 Å². The number of hydrogen-bond donors (Lipinski definition) is 1. The van der Waals surface area contributed by atoms with Crippen molar-refractivity contribution in [2.45, 2.75) is 24.7 Å². The van der Waals surface area contributed by atoms with Crippen LogP contribution >= 0.6 is 0 Å². The minimum absolute atomic E-state index is 0.0411. The van der Waals surface area contributed by atoms with E-state index in [0.717, 1.165) is 4.90 Å². The van der Waals surface area contributed by atoms with Crippen LogP contribution in [0, 0.1) is 6.92 Å². The molecule has 1 N–H and O–H groups in total. The number of nitrogens with one attached hydrogen (secondary N) is 1. The normalized spacial score (nSPS) is 14.1. The number of hydrogen-bond acceptors (Lipinski definition) is 6. The zero-order chi connectivity index (χ0) is 23.9. The Bertz CT molecular complexity index is 1410. The van der Waals surface area contributed by atoms with Crippen LogP contribution in [0.5, 0.6) is 5.75 Å². The Morgan fingerprint density at radius 2 is 1.61 bits per heavy atom. The number of carbonyl (C=O) groups excluding carboxylic acids is 2. The second-order valence-electron chi connectivity index (χ2n) is 7.50. The molecule has 0 bridgehead atoms. The van der Waals surface area contributed by atoms with E-state index in [1.807, 2.05) is 6.07 Å². The Morgan fingerprint density at radius 1 is 0.970 bits per heavy atom. The molecule has 4 rings (SSSR count). The molecule has 1 aliphatic rings. The van der Waals surface area contributed by atoms with Crippen LogP contribution in [-0.2, 0) is 26.7 Å². The Labute approximate surface area is 190 Å². The molecule has 33 heavy (non-hydrogen) atoms. The summed E-state index contributed by atoms with van der Waals surface area (Å²) in [6.45, 7) is 1.62. The van der Waals surface area contributed by atoms with Gasteiger partial charge in [-0.05, 0) is 37.3 Å². The molecular formula is C22H22N4O6S. The fourth-order valence-corrected chi connectivity index (χ4v) is 4.87.